The van der Waals surface area contributed by atoms with Crippen LogP contribution in [0.15, 0.2) is 24.3 Å². The average molecular weight is 264 g/mol. The zero-order chi connectivity index (χ0) is 13.7. The molecule has 0 heterocycles. The van der Waals surface area contributed by atoms with Crippen LogP contribution in [0.25, 0.3) is 0 Å². The summed E-state index contributed by atoms with van der Waals surface area (Å²) in [6, 6.07) is 6.84. The third-order valence-corrected chi connectivity index (χ3v) is 3.70. The molecule has 2 atom stereocenters. The first kappa shape index (κ1) is 14.0. The van der Waals surface area contributed by atoms with Crippen molar-refractivity contribution >= 4 is 5.69 Å². The second kappa shape index (κ2) is 6.63. The van der Waals surface area contributed by atoms with Crippen molar-refractivity contribution in [2.24, 2.45) is 0 Å². The van der Waals surface area contributed by atoms with Crippen LogP contribution in [0.4, 0.5) is 5.69 Å². The molecular weight excluding hydrogens is 244 g/mol. The van der Waals surface area contributed by atoms with Crippen LogP contribution in [0.5, 0.6) is 0 Å². The normalized spacial score (nSPS) is 23.2. The molecule has 0 unspecified atom stereocenters. The molecule has 19 heavy (non-hydrogen) atoms. The molecule has 1 aromatic rings. The highest BCUT2D eigenvalue weighted by Gasteiger charge is 2.21. The second-order valence-electron chi connectivity index (χ2n) is 5.09. The van der Waals surface area contributed by atoms with Crippen LogP contribution < -0.4 is 5.32 Å². The molecule has 0 amide bonds. The highest BCUT2D eigenvalue weighted by Crippen LogP contribution is 2.18. The van der Waals surface area contributed by atoms with Crippen LogP contribution in [-0.2, 0) is 6.42 Å². The fraction of sp³-hybridized carbons (Fsp3) is 0.571. The fourth-order valence-corrected chi connectivity index (χ4v) is 2.54. The van der Waals surface area contributed by atoms with Gasteiger partial charge in [0.2, 0.25) is 0 Å². The average Bonchev–Trinajstić information content (AvgIpc) is 2.41. The number of nitrogens with one attached hydrogen (secondary N) is 1. The molecule has 1 saturated carbocycles. The summed E-state index contributed by atoms with van der Waals surface area (Å²) < 4.78 is 0. The summed E-state index contributed by atoms with van der Waals surface area (Å²) >= 11 is 0. The van der Waals surface area contributed by atoms with E-state index in [1.165, 1.54) is 18.6 Å². The van der Waals surface area contributed by atoms with E-state index in [1.807, 2.05) is 0 Å². The Labute approximate surface area is 112 Å². The van der Waals surface area contributed by atoms with E-state index in [-0.39, 0.29) is 22.8 Å². The molecule has 2 rings (SSSR count). The zero-order valence-corrected chi connectivity index (χ0v) is 10.9. The highest BCUT2D eigenvalue weighted by atomic mass is 16.6. The SMILES string of the molecule is O=[N+]([O-])c1ccc(CCN[C@@H]2CCCC[C@H]2O)cc1. The van der Waals surface area contributed by atoms with Crippen LogP contribution in [0.3, 0.4) is 0 Å². The van der Waals surface area contributed by atoms with Crippen LogP contribution in [0, 0.1) is 10.1 Å². The van der Waals surface area contributed by atoms with E-state index < -0.39 is 0 Å². The van der Waals surface area contributed by atoms with Crippen molar-refractivity contribution in [1.29, 1.82) is 0 Å². The Kier molecular flexibility index (Phi) is 4.87. The Morgan fingerprint density at radius 2 is 1.95 bits per heavy atom. The Balaban J connectivity index is 1.77. The van der Waals surface area contributed by atoms with Gasteiger partial charge in [-0.3, -0.25) is 10.1 Å². The topological polar surface area (TPSA) is 75.4 Å². The minimum absolute atomic E-state index is 0.124. The number of aliphatic hydroxyl groups is 1. The van der Waals surface area contributed by atoms with Gasteiger partial charge in [0, 0.05) is 18.2 Å². The molecule has 2 N–H and O–H groups in total. The van der Waals surface area contributed by atoms with Crippen LogP contribution in [-0.4, -0.2) is 28.7 Å². The maximum atomic E-state index is 10.5. The lowest BCUT2D eigenvalue weighted by atomic mass is 9.92. The van der Waals surface area contributed by atoms with Gasteiger partial charge in [-0.1, -0.05) is 25.0 Å². The maximum Gasteiger partial charge on any atom is 0.269 e. The van der Waals surface area contributed by atoms with Crippen molar-refractivity contribution in [3.8, 4) is 0 Å². The molecule has 104 valence electrons. The highest BCUT2D eigenvalue weighted by molar-refractivity contribution is 5.32. The Hall–Kier alpha value is -1.46. The number of hydrogen-bond donors (Lipinski definition) is 2. The molecule has 0 spiro atoms. The van der Waals surface area contributed by atoms with Crippen molar-refractivity contribution in [3.05, 3.63) is 39.9 Å². The summed E-state index contributed by atoms with van der Waals surface area (Å²) in [5.74, 6) is 0. The Morgan fingerprint density at radius 1 is 1.26 bits per heavy atom. The first-order valence-corrected chi connectivity index (χ1v) is 6.81. The van der Waals surface area contributed by atoms with Crippen molar-refractivity contribution in [2.75, 3.05) is 6.54 Å². The summed E-state index contributed by atoms with van der Waals surface area (Å²) in [6.07, 6.45) is 4.79. The van der Waals surface area contributed by atoms with Crippen molar-refractivity contribution in [3.63, 3.8) is 0 Å². The largest absolute Gasteiger partial charge is 0.392 e. The number of nitro benzene ring substituents is 1. The maximum absolute atomic E-state index is 10.5. The molecular formula is C14H20N2O3. The molecule has 5 nitrogen and oxygen atoms in total. The molecule has 0 saturated heterocycles. The zero-order valence-electron chi connectivity index (χ0n) is 10.9. The molecule has 0 radical (unpaired) electrons. The molecule has 1 aromatic carbocycles. The molecule has 1 aliphatic carbocycles. The second-order valence-corrected chi connectivity index (χ2v) is 5.09. The van der Waals surface area contributed by atoms with Gasteiger partial charge in [-0.2, -0.15) is 0 Å². The lowest BCUT2D eigenvalue weighted by molar-refractivity contribution is -0.384. The number of non-ortho nitro benzene ring substituents is 1. The van der Waals surface area contributed by atoms with E-state index in [1.54, 1.807) is 12.1 Å². The standard InChI is InChI=1S/C14H20N2O3/c17-14-4-2-1-3-13(14)15-10-9-11-5-7-12(8-6-11)16(18)19/h5-8,13-15,17H,1-4,9-10H2/t13-,14-/m1/s1. The van der Waals surface area contributed by atoms with Gasteiger partial charge in [-0.25, -0.2) is 0 Å². The molecule has 0 bridgehead atoms. The minimum atomic E-state index is -0.388. The number of nitrogens with zero attached hydrogens (tertiary/aromatic N) is 1. The van der Waals surface area contributed by atoms with Gasteiger partial charge in [0.1, 0.15) is 0 Å². The van der Waals surface area contributed by atoms with Crippen molar-refractivity contribution < 1.29 is 10.0 Å². The van der Waals surface area contributed by atoms with Gasteiger partial charge in [0.25, 0.3) is 5.69 Å². The lowest BCUT2D eigenvalue weighted by Gasteiger charge is -2.28. The van der Waals surface area contributed by atoms with E-state index in [0.717, 1.165) is 37.8 Å². The van der Waals surface area contributed by atoms with Gasteiger partial charge in [-0.05, 0) is 31.4 Å². The quantitative estimate of drug-likeness (QED) is 0.630. The predicted molar refractivity (Wildman–Crippen MR) is 73.1 cm³/mol. The first-order valence-electron chi connectivity index (χ1n) is 6.81. The number of hydrogen-bond acceptors (Lipinski definition) is 4. The van der Waals surface area contributed by atoms with E-state index in [2.05, 4.69) is 5.32 Å². The smallest absolute Gasteiger partial charge is 0.269 e. The predicted octanol–water partition coefficient (Wildman–Crippen LogP) is 2.03. The van der Waals surface area contributed by atoms with Gasteiger partial charge >= 0.3 is 0 Å². The lowest BCUT2D eigenvalue weighted by Crippen LogP contribution is -2.42. The van der Waals surface area contributed by atoms with Crippen molar-refractivity contribution in [2.45, 2.75) is 44.2 Å². The summed E-state index contributed by atoms with van der Waals surface area (Å²) in [5, 5.41) is 23.7. The minimum Gasteiger partial charge on any atom is -0.392 e. The van der Waals surface area contributed by atoms with Crippen LogP contribution in [0.1, 0.15) is 31.2 Å². The van der Waals surface area contributed by atoms with E-state index >= 15 is 0 Å². The van der Waals surface area contributed by atoms with Crippen LogP contribution >= 0.6 is 0 Å². The Morgan fingerprint density at radius 3 is 2.58 bits per heavy atom. The summed E-state index contributed by atoms with van der Waals surface area (Å²) in [5.41, 5.74) is 1.20. The van der Waals surface area contributed by atoms with E-state index in [0.29, 0.717) is 0 Å². The number of rotatable bonds is 5. The molecule has 0 aromatic heterocycles. The number of aliphatic hydroxyl groups excluding tert-OH is 1. The summed E-state index contributed by atoms with van der Waals surface area (Å²) in [7, 11) is 0. The molecule has 0 aliphatic heterocycles. The van der Waals surface area contributed by atoms with Gasteiger partial charge in [0.05, 0.1) is 11.0 Å². The monoisotopic (exact) mass is 264 g/mol. The number of nitro groups is 1. The number of benzene rings is 1. The van der Waals surface area contributed by atoms with Crippen molar-refractivity contribution in [1.82, 2.24) is 5.32 Å². The Bertz CT molecular complexity index is 419. The fourth-order valence-electron chi connectivity index (χ4n) is 2.54. The van der Waals surface area contributed by atoms with Gasteiger partial charge in [0.15, 0.2) is 0 Å². The third kappa shape index (κ3) is 4.01. The molecule has 1 aliphatic rings. The van der Waals surface area contributed by atoms with E-state index in [4.69, 9.17) is 0 Å². The van der Waals surface area contributed by atoms with Gasteiger partial charge in [-0.15, -0.1) is 0 Å². The third-order valence-electron chi connectivity index (χ3n) is 3.70. The van der Waals surface area contributed by atoms with Gasteiger partial charge < -0.3 is 10.4 Å². The molecule has 1 fully saturated rings. The molecule has 5 heteroatoms. The van der Waals surface area contributed by atoms with Crippen LogP contribution in [0.2, 0.25) is 0 Å². The first-order chi connectivity index (χ1) is 9.16. The summed E-state index contributed by atoms with van der Waals surface area (Å²) in [6.45, 7) is 0.791. The van der Waals surface area contributed by atoms with E-state index in [9.17, 15) is 15.2 Å². The summed E-state index contributed by atoms with van der Waals surface area (Å²) in [4.78, 5) is 10.1.